The predicted molar refractivity (Wildman–Crippen MR) is 117 cm³/mol. The van der Waals surface area contributed by atoms with Crippen LogP contribution in [0.25, 0.3) is 0 Å². The average molecular weight is 447 g/mol. The minimum absolute atomic E-state index is 0.283. The van der Waals surface area contributed by atoms with Gasteiger partial charge in [0.25, 0.3) is 5.91 Å². The van der Waals surface area contributed by atoms with Crippen LogP contribution < -0.4 is 21.0 Å². The number of rotatable bonds is 6. The smallest absolute Gasteiger partial charge is 0.277 e. The van der Waals surface area contributed by atoms with Gasteiger partial charge < -0.3 is 20.3 Å². The number of ether oxygens (including phenoxy) is 1. The molecule has 156 valence electrons. The Balaban J connectivity index is 1.48. The summed E-state index contributed by atoms with van der Waals surface area (Å²) in [6, 6.07) is 9.57. The molecule has 0 spiro atoms. The lowest BCUT2D eigenvalue weighted by Gasteiger charge is -2.28. The van der Waals surface area contributed by atoms with E-state index in [-0.39, 0.29) is 5.56 Å². The number of anilines is 5. The van der Waals surface area contributed by atoms with Crippen LogP contribution in [-0.4, -0.2) is 47.4 Å². The first-order valence-corrected chi connectivity index (χ1v) is 10.4. The van der Waals surface area contributed by atoms with Gasteiger partial charge in [-0.3, -0.25) is 10.0 Å². The molecule has 2 aromatic heterocycles. The van der Waals surface area contributed by atoms with Gasteiger partial charge >= 0.3 is 0 Å². The van der Waals surface area contributed by atoms with Gasteiger partial charge in [0.05, 0.1) is 25.0 Å². The maximum absolute atomic E-state index is 11.7. The van der Waals surface area contributed by atoms with Crippen molar-refractivity contribution in [2.24, 2.45) is 0 Å². The number of morpholine rings is 1. The van der Waals surface area contributed by atoms with E-state index in [4.69, 9.17) is 21.5 Å². The quantitative estimate of drug-likeness (QED) is 0.335. The van der Waals surface area contributed by atoms with Crippen LogP contribution in [0.4, 0.5) is 28.1 Å². The number of nitrogens with zero attached hydrogens (tertiary/aromatic N) is 3. The number of carbonyl (C=O) groups is 1. The fraction of sp³-hybridized carbons (Fsp3) is 0.211. The van der Waals surface area contributed by atoms with Crippen LogP contribution in [0, 0.1) is 0 Å². The molecule has 11 heteroatoms. The summed E-state index contributed by atoms with van der Waals surface area (Å²) in [5.74, 6) is 0.0712. The number of hydroxylamine groups is 1. The van der Waals surface area contributed by atoms with Crippen LogP contribution in [0.1, 0.15) is 10.4 Å². The van der Waals surface area contributed by atoms with Gasteiger partial charge in [-0.25, -0.2) is 10.5 Å². The normalized spacial score (nSPS) is 13.7. The lowest BCUT2D eigenvalue weighted by Crippen LogP contribution is -2.36. The van der Waals surface area contributed by atoms with Crippen LogP contribution in [0.3, 0.4) is 0 Å². The topological polar surface area (TPSA) is 112 Å². The molecule has 1 amide bonds. The van der Waals surface area contributed by atoms with Crippen molar-refractivity contribution >= 4 is 57.0 Å². The van der Waals surface area contributed by atoms with Crippen LogP contribution in [0.15, 0.2) is 41.9 Å². The molecular weight excluding hydrogens is 428 g/mol. The van der Waals surface area contributed by atoms with Crippen molar-refractivity contribution in [1.29, 1.82) is 0 Å². The Bertz CT molecular complexity index is 1020. The van der Waals surface area contributed by atoms with Crippen molar-refractivity contribution in [2.75, 3.05) is 41.8 Å². The third-order valence-electron chi connectivity index (χ3n) is 4.49. The highest BCUT2D eigenvalue weighted by Crippen LogP contribution is 2.30. The lowest BCUT2D eigenvalue weighted by atomic mass is 10.2. The van der Waals surface area contributed by atoms with E-state index in [1.807, 2.05) is 24.3 Å². The van der Waals surface area contributed by atoms with E-state index < -0.39 is 5.91 Å². The molecule has 9 nitrogen and oxygen atoms in total. The van der Waals surface area contributed by atoms with Gasteiger partial charge in [-0.05, 0) is 35.7 Å². The SMILES string of the molecule is O=C(NO)c1ccsc1Nc1nc(Nc2ccc(N3CCOCC3)cc2)ncc1Cl. The zero-order chi connectivity index (χ0) is 20.9. The fourth-order valence-corrected chi connectivity index (χ4v) is 3.90. The second-order valence-electron chi connectivity index (χ2n) is 6.39. The third kappa shape index (κ3) is 4.62. The van der Waals surface area contributed by atoms with E-state index in [0.29, 0.717) is 21.8 Å². The Morgan fingerprint density at radius 3 is 2.67 bits per heavy atom. The second kappa shape index (κ2) is 9.26. The summed E-state index contributed by atoms with van der Waals surface area (Å²) < 4.78 is 5.39. The molecule has 1 aliphatic heterocycles. The molecule has 0 radical (unpaired) electrons. The van der Waals surface area contributed by atoms with Gasteiger partial charge in [0.2, 0.25) is 5.95 Å². The molecule has 0 unspecified atom stereocenters. The molecule has 3 aromatic rings. The van der Waals surface area contributed by atoms with Crippen molar-refractivity contribution in [2.45, 2.75) is 0 Å². The molecule has 4 rings (SSSR count). The summed E-state index contributed by atoms with van der Waals surface area (Å²) in [5.41, 5.74) is 3.87. The third-order valence-corrected chi connectivity index (χ3v) is 5.59. The Hall–Kier alpha value is -2.92. The number of hydrogen-bond acceptors (Lipinski definition) is 9. The van der Waals surface area contributed by atoms with Gasteiger partial charge in [-0.2, -0.15) is 4.98 Å². The fourth-order valence-electron chi connectivity index (χ4n) is 2.97. The lowest BCUT2D eigenvalue weighted by molar-refractivity contribution is 0.0707. The second-order valence-corrected chi connectivity index (χ2v) is 7.71. The molecule has 1 saturated heterocycles. The van der Waals surface area contributed by atoms with Gasteiger partial charge in [0, 0.05) is 24.5 Å². The molecular formula is C19H19ClN6O3S. The summed E-state index contributed by atoms with van der Waals surface area (Å²) in [7, 11) is 0. The largest absolute Gasteiger partial charge is 0.378 e. The molecule has 0 bridgehead atoms. The standard InChI is InChI=1S/C19H19ClN6O3S/c20-15-11-21-19(24-16(15)23-18-14(5-10-30-18)17(27)25-28)22-12-1-3-13(4-2-12)26-6-8-29-9-7-26/h1-5,10-11,28H,6-9H2,(H,25,27)(H2,21,22,23,24). The number of benzene rings is 1. The average Bonchev–Trinajstić information content (AvgIpc) is 3.25. The molecule has 0 atom stereocenters. The zero-order valence-electron chi connectivity index (χ0n) is 15.8. The molecule has 1 fully saturated rings. The van der Waals surface area contributed by atoms with E-state index in [0.717, 1.165) is 37.7 Å². The maximum Gasteiger partial charge on any atom is 0.277 e. The minimum atomic E-state index is -0.623. The van der Waals surface area contributed by atoms with E-state index in [2.05, 4.69) is 25.5 Å². The van der Waals surface area contributed by atoms with E-state index in [1.165, 1.54) is 17.5 Å². The highest BCUT2D eigenvalue weighted by molar-refractivity contribution is 7.14. The van der Waals surface area contributed by atoms with Crippen molar-refractivity contribution in [3.63, 3.8) is 0 Å². The van der Waals surface area contributed by atoms with E-state index >= 15 is 0 Å². The number of thiophene rings is 1. The Labute approximate surface area is 181 Å². The van der Waals surface area contributed by atoms with Crippen LogP contribution in [0.2, 0.25) is 5.02 Å². The van der Waals surface area contributed by atoms with Gasteiger partial charge in [0.15, 0.2) is 5.82 Å². The van der Waals surface area contributed by atoms with Gasteiger partial charge in [-0.15, -0.1) is 11.3 Å². The Kier molecular flexibility index (Phi) is 6.29. The molecule has 4 N–H and O–H groups in total. The molecule has 1 aliphatic rings. The number of amides is 1. The van der Waals surface area contributed by atoms with Crippen molar-refractivity contribution in [1.82, 2.24) is 15.4 Å². The maximum atomic E-state index is 11.7. The molecule has 0 aliphatic carbocycles. The minimum Gasteiger partial charge on any atom is -0.378 e. The van der Waals surface area contributed by atoms with Crippen molar-refractivity contribution < 1.29 is 14.7 Å². The molecule has 3 heterocycles. The van der Waals surface area contributed by atoms with E-state index in [1.54, 1.807) is 16.9 Å². The first-order valence-electron chi connectivity index (χ1n) is 9.15. The monoisotopic (exact) mass is 446 g/mol. The Morgan fingerprint density at radius 1 is 1.17 bits per heavy atom. The summed E-state index contributed by atoms with van der Waals surface area (Å²) >= 11 is 7.50. The first-order chi connectivity index (χ1) is 14.6. The van der Waals surface area contributed by atoms with Crippen molar-refractivity contribution in [3.05, 3.63) is 52.5 Å². The predicted octanol–water partition coefficient (Wildman–Crippen LogP) is 3.63. The van der Waals surface area contributed by atoms with Crippen molar-refractivity contribution in [3.8, 4) is 0 Å². The molecule has 30 heavy (non-hydrogen) atoms. The van der Waals surface area contributed by atoms with E-state index in [9.17, 15) is 4.79 Å². The summed E-state index contributed by atoms with van der Waals surface area (Å²) in [5, 5.41) is 17.6. The summed E-state index contributed by atoms with van der Waals surface area (Å²) in [6.45, 7) is 3.23. The van der Waals surface area contributed by atoms with Crippen LogP contribution in [0.5, 0.6) is 0 Å². The summed E-state index contributed by atoms with van der Waals surface area (Å²) in [4.78, 5) is 22.6. The number of carbonyl (C=O) groups excluding carboxylic acids is 1. The summed E-state index contributed by atoms with van der Waals surface area (Å²) in [6.07, 6.45) is 1.47. The molecule has 0 saturated carbocycles. The number of halogens is 1. The number of nitrogens with one attached hydrogen (secondary N) is 3. The highest BCUT2D eigenvalue weighted by Gasteiger charge is 2.15. The zero-order valence-corrected chi connectivity index (χ0v) is 17.3. The van der Waals surface area contributed by atoms with Gasteiger partial charge in [0.1, 0.15) is 10.0 Å². The number of hydrogen-bond donors (Lipinski definition) is 4. The Morgan fingerprint density at radius 2 is 1.93 bits per heavy atom. The van der Waals surface area contributed by atoms with Gasteiger partial charge in [-0.1, -0.05) is 11.6 Å². The van der Waals surface area contributed by atoms with Crippen LogP contribution >= 0.6 is 22.9 Å². The molecule has 1 aromatic carbocycles. The first kappa shape index (κ1) is 20.4. The van der Waals surface area contributed by atoms with Crippen LogP contribution in [-0.2, 0) is 4.74 Å². The number of aromatic nitrogens is 2. The highest BCUT2D eigenvalue weighted by atomic mass is 35.5.